The van der Waals surface area contributed by atoms with Crippen molar-refractivity contribution in [3.8, 4) is 5.88 Å². The van der Waals surface area contributed by atoms with E-state index < -0.39 is 17.7 Å². The van der Waals surface area contributed by atoms with E-state index in [0.717, 1.165) is 6.07 Å². The summed E-state index contributed by atoms with van der Waals surface area (Å²) in [7, 11) is 0. The summed E-state index contributed by atoms with van der Waals surface area (Å²) in [6.45, 7) is 1.19. The molecule has 0 saturated heterocycles. The molecule has 4 N–H and O–H groups in total. The van der Waals surface area contributed by atoms with Crippen molar-refractivity contribution in [3.05, 3.63) is 17.6 Å². The van der Waals surface area contributed by atoms with Crippen LogP contribution in [0, 0.1) is 0 Å². The van der Waals surface area contributed by atoms with Gasteiger partial charge >= 0.3 is 5.91 Å². The fourth-order valence-corrected chi connectivity index (χ4v) is 0.428. The number of carbonyl (C=O) groups is 2. The number of nitrogens with zero attached hydrogens (tertiary/aromatic N) is 1. The van der Waals surface area contributed by atoms with Gasteiger partial charge < -0.3 is 20.2 Å². The summed E-state index contributed by atoms with van der Waals surface area (Å²) >= 11 is 0. The van der Waals surface area contributed by atoms with Gasteiger partial charge in [0.1, 0.15) is 0 Å². The second kappa shape index (κ2) is 8.33. The normalized spacial score (nSPS) is 7.87. The van der Waals surface area contributed by atoms with Gasteiger partial charge in [-0.3, -0.25) is 10.0 Å². The Labute approximate surface area is 110 Å². The fraction of sp³-hybridized carbons (Fsp3) is 0.167. The van der Waals surface area contributed by atoms with Gasteiger partial charge in [0.15, 0.2) is 0 Å². The van der Waals surface area contributed by atoms with E-state index in [-0.39, 0.29) is 38.5 Å². The van der Waals surface area contributed by atoms with Crippen LogP contribution in [0.3, 0.4) is 0 Å². The Kier molecular flexibility index (Phi) is 9.13. The Morgan fingerprint density at radius 1 is 1.60 bits per heavy atom. The number of rotatable bonds is 1. The van der Waals surface area contributed by atoms with Crippen LogP contribution in [0.2, 0.25) is 0 Å². The minimum absolute atomic E-state index is 0. The molecule has 1 radical (unpaired) electrons. The predicted octanol–water partition coefficient (Wildman–Crippen LogP) is 0.0818. The van der Waals surface area contributed by atoms with Crippen molar-refractivity contribution in [1.29, 1.82) is 0 Å². The Bertz CT molecular complexity index is 322. The smallest absolute Gasteiger partial charge is 0.313 e. The summed E-state index contributed by atoms with van der Waals surface area (Å²) in [5.74, 6) is -2.09. The zero-order valence-electron chi connectivity index (χ0n) is 7.72. The molecule has 0 bridgehead atoms. The van der Waals surface area contributed by atoms with Crippen molar-refractivity contribution < 1.29 is 57.1 Å². The summed E-state index contributed by atoms with van der Waals surface area (Å²) < 4.78 is 4.24. The summed E-state index contributed by atoms with van der Waals surface area (Å²) in [5.41, 5.74) is 7.26. The maximum Gasteiger partial charge on any atom is 0.313 e. The van der Waals surface area contributed by atoms with Crippen LogP contribution in [0.5, 0.6) is 5.88 Å². The van der Waals surface area contributed by atoms with Gasteiger partial charge in [-0.25, -0.2) is 5.48 Å². The van der Waals surface area contributed by atoms with Gasteiger partial charge in [0, 0.05) is 38.6 Å². The van der Waals surface area contributed by atoms with Gasteiger partial charge in [-0.15, -0.1) is 0 Å². The van der Waals surface area contributed by atoms with Gasteiger partial charge in [0.25, 0.3) is 5.88 Å². The number of hydroxylamine groups is 1. The van der Waals surface area contributed by atoms with Crippen LogP contribution < -0.4 is 5.48 Å². The second-order valence-corrected chi connectivity index (χ2v) is 2.05. The first-order valence-corrected chi connectivity index (χ1v) is 3.29. The monoisotopic (exact) mass is 291 g/mol. The van der Waals surface area contributed by atoms with Gasteiger partial charge in [-0.1, -0.05) is 0 Å². The fourth-order valence-electron chi connectivity index (χ4n) is 0.428. The molecule has 0 aliphatic carbocycles. The van der Waals surface area contributed by atoms with Crippen LogP contribution in [0.15, 0.2) is 10.6 Å². The van der Waals surface area contributed by atoms with Crippen molar-refractivity contribution in [2.45, 2.75) is 6.92 Å². The molecule has 1 heterocycles. The number of nitrogens with one attached hydrogen (secondary N) is 2. The minimum Gasteiger partial charge on any atom is -0.668 e. The van der Waals surface area contributed by atoms with Crippen LogP contribution in [0.4, 0.5) is 0 Å². The summed E-state index contributed by atoms with van der Waals surface area (Å²) in [4.78, 5) is 19.5. The molecule has 15 heavy (non-hydrogen) atoms. The van der Waals surface area contributed by atoms with Crippen LogP contribution in [-0.4, -0.2) is 27.3 Å². The average Bonchev–Trinajstić information content (AvgIpc) is 2.49. The molecule has 9 heteroatoms. The first-order chi connectivity index (χ1) is 6.47. The van der Waals surface area contributed by atoms with Crippen LogP contribution >= 0.6 is 0 Å². The third kappa shape index (κ3) is 8.04. The quantitative estimate of drug-likeness (QED) is 0.495. The minimum atomic E-state index is -0.854. The van der Waals surface area contributed by atoms with E-state index in [2.05, 4.69) is 9.68 Å². The Morgan fingerprint density at radius 3 is 2.33 bits per heavy atom. The topological polar surface area (TPSA) is 136 Å². The van der Waals surface area contributed by atoms with Crippen LogP contribution in [0.25, 0.3) is 5.73 Å². The number of hydrogen-bond donors (Lipinski definition) is 3. The zero-order valence-corrected chi connectivity index (χ0v) is 10.6. The molecule has 0 aliphatic heterocycles. The Balaban J connectivity index is 0. The van der Waals surface area contributed by atoms with Gasteiger partial charge in [-0.05, 0) is 12.1 Å². The SMILES string of the molecule is CC([NH-])=O.O=C(NO)c1cc(O)no1.[Y]. The van der Waals surface area contributed by atoms with E-state index >= 15 is 0 Å². The van der Waals surface area contributed by atoms with Crippen molar-refractivity contribution in [1.82, 2.24) is 10.6 Å². The van der Waals surface area contributed by atoms with E-state index in [0.29, 0.717) is 0 Å². The number of amides is 2. The zero-order chi connectivity index (χ0) is 11.1. The van der Waals surface area contributed by atoms with Crippen molar-refractivity contribution in [2.24, 2.45) is 0 Å². The molecule has 1 rings (SSSR count). The number of aromatic hydroxyl groups is 1. The summed E-state index contributed by atoms with van der Waals surface area (Å²) in [6.07, 6.45) is 0. The molecular formula is C6H8N3O5Y-. The molecule has 8 nitrogen and oxygen atoms in total. The number of carbonyl (C=O) groups excluding carboxylic acids is 2. The molecule has 1 aromatic heterocycles. The van der Waals surface area contributed by atoms with Gasteiger partial charge in [-0.2, -0.15) is 0 Å². The molecule has 0 fully saturated rings. The molecule has 0 aromatic carbocycles. The second-order valence-electron chi connectivity index (χ2n) is 2.05. The van der Waals surface area contributed by atoms with E-state index in [1.165, 1.54) is 12.4 Å². The van der Waals surface area contributed by atoms with E-state index in [1.807, 2.05) is 0 Å². The first kappa shape index (κ1) is 16.4. The third-order valence-corrected chi connectivity index (χ3v) is 0.823. The molecule has 1 aromatic rings. The first-order valence-electron chi connectivity index (χ1n) is 3.29. The molecule has 0 saturated carbocycles. The molecule has 2 amide bonds. The molecule has 0 unspecified atom stereocenters. The third-order valence-electron chi connectivity index (χ3n) is 0.823. The maximum atomic E-state index is 10.4. The molecule has 0 atom stereocenters. The van der Waals surface area contributed by atoms with E-state index in [9.17, 15) is 4.79 Å². The largest absolute Gasteiger partial charge is 0.668 e. The average molecular weight is 291 g/mol. The molecule has 81 valence electrons. The Morgan fingerprint density at radius 2 is 2.07 bits per heavy atom. The van der Waals surface area contributed by atoms with Gasteiger partial charge in [0.05, 0.1) is 6.07 Å². The summed E-state index contributed by atoms with van der Waals surface area (Å²) in [6, 6.07) is 0.978. The Hall–Kier alpha value is -0.986. The van der Waals surface area contributed by atoms with Crippen molar-refractivity contribution in [3.63, 3.8) is 0 Å². The van der Waals surface area contributed by atoms with Crippen LogP contribution in [0.1, 0.15) is 17.5 Å². The van der Waals surface area contributed by atoms with E-state index in [1.54, 1.807) is 0 Å². The summed E-state index contributed by atoms with van der Waals surface area (Å²) in [5, 5.41) is 19.6. The van der Waals surface area contributed by atoms with Crippen molar-refractivity contribution >= 4 is 11.8 Å². The standard InChI is InChI=1S/C4H4N2O4.C2H5NO.Y/c7-3-1-2(10-6-3)4(8)5-9;1-2(3)4;/h1,9H,(H,5,8)(H,6,7);1H3,(H2,3,4);/p-1. The van der Waals surface area contributed by atoms with Gasteiger partial charge in [0.2, 0.25) is 5.76 Å². The maximum absolute atomic E-state index is 10.4. The molecule has 0 aliphatic rings. The molecule has 0 spiro atoms. The predicted molar refractivity (Wildman–Crippen MR) is 42.4 cm³/mol. The van der Waals surface area contributed by atoms with Crippen molar-refractivity contribution in [2.75, 3.05) is 0 Å². The van der Waals surface area contributed by atoms with E-state index in [4.69, 9.17) is 20.8 Å². The molecular weight excluding hydrogens is 283 g/mol. The number of aromatic nitrogens is 1. The number of hydrogen-bond acceptors (Lipinski definition) is 6. The van der Waals surface area contributed by atoms with Crippen LogP contribution in [-0.2, 0) is 37.5 Å².